The monoisotopic (exact) mass is 308 g/mol. The summed E-state index contributed by atoms with van der Waals surface area (Å²) in [6, 6.07) is 0. The second-order valence-corrected chi connectivity index (χ2v) is 6.81. The molecule has 0 aromatic carbocycles. The van der Waals surface area contributed by atoms with Crippen molar-refractivity contribution in [2.45, 2.75) is 52.6 Å². The minimum Gasteiger partial charge on any atom is -0.342 e. The summed E-state index contributed by atoms with van der Waals surface area (Å²) < 4.78 is 38.0. The number of halogens is 3. The van der Waals surface area contributed by atoms with Crippen LogP contribution >= 0.6 is 0 Å². The Morgan fingerprint density at radius 3 is 2.10 bits per heavy atom. The molecular formula is C15H27F3N2O. The molecule has 0 aliphatic heterocycles. The molecule has 2 N–H and O–H groups in total. The molecule has 1 amide bonds. The van der Waals surface area contributed by atoms with Gasteiger partial charge in [-0.2, -0.15) is 13.2 Å². The van der Waals surface area contributed by atoms with E-state index in [9.17, 15) is 18.0 Å². The Hall–Kier alpha value is -0.780. The van der Waals surface area contributed by atoms with Gasteiger partial charge in [0, 0.05) is 19.0 Å². The molecule has 1 aliphatic carbocycles. The van der Waals surface area contributed by atoms with Gasteiger partial charge >= 0.3 is 6.18 Å². The molecule has 124 valence electrons. The highest BCUT2D eigenvalue weighted by Crippen LogP contribution is 2.40. The molecule has 0 radical (unpaired) electrons. The van der Waals surface area contributed by atoms with Gasteiger partial charge in [-0.1, -0.05) is 13.8 Å². The Morgan fingerprint density at radius 1 is 1.19 bits per heavy atom. The minimum absolute atomic E-state index is 0.0142. The fourth-order valence-electron chi connectivity index (χ4n) is 2.85. The molecule has 1 fully saturated rings. The molecule has 0 atom stereocenters. The van der Waals surface area contributed by atoms with Gasteiger partial charge in [-0.3, -0.25) is 4.79 Å². The third-order valence-electron chi connectivity index (χ3n) is 4.40. The van der Waals surface area contributed by atoms with E-state index in [1.807, 2.05) is 20.8 Å². The number of carbonyl (C=O) groups is 1. The molecule has 0 saturated heterocycles. The van der Waals surface area contributed by atoms with Crippen molar-refractivity contribution in [1.82, 2.24) is 4.90 Å². The van der Waals surface area contributed by atoms with Crippen molar-refractivity contribution in [3.8, 4) is 0 Å². The summed E-state index contributed by atoms with van der Waals surface area (Å²) in [6.45, 7) is 7.47. The van der Waals surface area contributed by atoms with Crippen LogP contribution in [0, 0.1) is 17.3 Å². The van der Waals surface area contributed by atoms with Crippen LogP contribution < -0.4 is 5.73 Å². The molecule has 1 saturated carbocycles. The molecule has 0 aromatic rings. The maximum absolute atomic E-state index is 12.7. The zero-order valence-electron chi connectivity index (χ0n) is 13.2. The first-order valence-corrected chi connectivity index (χ1v) is 7.66. The summed E-state index contributed by atoms with van der Waals surface area (Å²) in [7, 11) is 0. The molecule has 0 unspecified atom stereocenters. The summed E-state index contributed by atoms with van der Waals surface area (Å²) in [5.74, 6) is -1.52. The molecular weight excluding hydrogens is 281 g/mol. The number of alkyl halides is 3. The van der Waals surface area contributed by atoms with Crippen LogP contribution in [0.5, 0.6) is 0 Å². The van der Waals surface area contributed by atoms with Crippen LogP contribution in [-0.2, 0) is 4.79 Å². The summed E-state index contributed by atoms with van der Waals surface area (Å²) in [5.41, 5.74) is 5.52. The van der Waals surface area contributed by atoms with Crippen molar-refractivity contribution in [3.05, 3.63) is 0 Å². The molecule has 0 aromatic heterocycles. The smallest absolute Gasteiger partial charge is 0.342 e. The summed E-state index contributed by atoms with van der Waals surface area (Å²) in [4.78, 5) is 14.2. The van der Waals surface area contributed by atoms with Crippen LogP contribution in [-0.4, -0.2) is 36.6 Å². The Morgan fingerprint density at radius 2 is 1.71 bits per heavy atom. The molecule has 0 heterocycles. The van der Waals surface area contributed by atoms with Crippen molar-refractivity contribution in [2.24, 2.45) is 23.0 Å². The first kappa shape index (κ1) is 18.3. The second kappa shape index (κ2) is 6.99. The molecule has 0 bridgehead atoms. The van der Waals surface area contributed by atoms with Gasteiger partial charge < -0.3 is 10.6 Å². The summed E-state index contributed by atoms with van der Waals surface area (Å²) >= 11 is 0. The number of nitrogens with zero attached hydrogens (tertiary/aromatic N) is 1. The predicted octanol–water partition coefficient (Wildman–Crippen LogP) is 3.19. The second-order valence-electron chi connectivity index (χ2n) is 6.81. The molecule has 1 rings (SSSR count). The van der Waals surface area contributed by atoms with E-state index in [1.165, 1.54) is 0 Å². The molecule has 0 spiro atoms. The van der Waals surface area contributed by atoms with Gasteiger partial charge in [-0.05, 0) is 44.6 Å². The third-order valence-corrected chi connectivity index (χ3v) is 4.40. The van der Waals surface area contributed by atoms with E-state index in [0.717, 1.165) is 0 Å². The highest BCUT2D eigenvalue weighted by atomic mass is 19.4. The first-order valence-electron chi connectivity index (χ1n) is 7.66. The van der Waals surface area contributed by atoms with Crippen LogP contribution in [0.1, 0.15) is 46.5 Å². The van der Waals surface area contributed by atoms with Crippen molar-refractivity contribution in [3.63, 3.8) is 0 Å². The van der Waals surface area contributed by atoms with E-state index in [-0.39, 0.29) is 30.1 Å². The highest BCUT2D eigenvalue weighted by molar-refractivity contribution is 5.79. The van der Waals surface area contributed by atoms with Gasteiger partial charge in [0.2, 0.25) is 5.91 Å². The van der Waals surface area contributed by atoms with Crippen molar-refractivity contribution < 1.29 is 18.0 Å². The van der Waals surface area contributed by atoms with Gasteiger partial charge in [0.05, 0.1) is 5.92 Å². The van der Waals surface area contributed by atoms with E-state index in [2.05, 4.69) is 0 Å². The lowest BCUT2D eigenvalue weighted by Gasteiger charge is -2.36. The fraction of sp³-hybridized carbons (Fsp3) is 0.933. The zero-order valence-corrected chi connectivity index (χ0v) is 13.2. The van der Waals surface area contributed by atoms with Gasteiger partial charge in [-0.15, -0.1) is 0 Å². The first-order chi connectivity index (χ1) is 9.60. The molecule has 21 heavy (non-hydrogen) atoms. The van der Waals surface area contributed by atoms with Gasteiger partial charge in [-0.25, -0.2) is 0 Å². The number of carbonyl (C=O) groups excluding carboxylic acids is 1. The number of hydrogen-bond acceptors (Lipinski definition) is 2. The molecule has 3 nitrogen and oxygen atoms in total. The van der Waals surface area contributed by atoms with E-state index in [0.29, 0.717) is 32.5 Å². The predicted molar refractivity (Wildman–Crippen MR) is 76.6 cm³/mol. The highest BCUT2D eigenvalue weighted by Gasteiger charge is 2.43. The number of nitrogens with two attached hydrogens (primary N) is 1. The Labute approximate surface area is 125 Å². The Balaban J connectivity index is 2.59. The van der Waals surface area contributed by atoms with Crippen LogP contribution in [0.25, 0.3) is 0 Å². The zero-order chi connectivity index (χ0) is 16.3. The quantitative estimate of drug-likeness (QED) is 0.848. The summed E-state index contributed by atoms with van der Waals surface area (Å²) in [6.07, 6.45) is -3.32. The number of hydrogen-bond donors (Lipinski definition) is 1. The Bertz CT molecular complexity index is 347. The number of rotatable bonds is 5. The van der Waals surface area contributed by atoms with Gasteiger partial charge in [0.1, 0.15) is 0 Å². The lowest BCUT2D eigenvalue weighted by atomic mass is 9.80. The topological polar surface area (TPSA) is 46.3 Å². The average molecular weight is 308 g/mol. The maximum Gasteiger partial charge on any atom is 0.391 e. The van der Waals surface area contributed by atoms with Crippen LogP contribution in [0.2, 0.25) is 0 Å². The van der Waals surface area contributed by atoms with Crippen LogP contribution in [0.15, 0.2) is 0 Å². The van der Waals surface area contributed by atoms with Crippen molar-refractivity contribution in [1.29, 1.82) is 0 Å². The minimum atomic E-state index is -4.12. The van der Waals surface area contributed by atoms with Crippen LogP contribution in [0.4, 0.5) is 13.2 Å². The maximum atomic E-state index is 12.7. The third kappa shape index (κ3) is 5.16. The standard InChI is InChI=1S/C15H27F3N2O/c1-4-20(10-14(2,3)9-19)13(21)11-5-7-12(8-6-11)15(16,17)18/h11-12H,4-10,19H2,1-3H3. The lowest BCUT2D eigenvalue weighted by molar-refractivity contribution is -0.185. The largest absolute Gasteiger partial charge is 0.391 e. The SMILES string of the molecule is CCN(CC(C)(C)CN)C(=O)C1CCC(C(F)(F)F)CC1. The van der Waals surface area contributed by atoms with E-state index >= 15 is 0 Å². The van der Waals surface area contributed by atoms with Crippen molar-refractivity contribution >= 4 is 5.91 Å². The van der Waals surface area contributed by atoms with Crippen molar-refractivity contribution in [2.75, 3.05) is 19.6 Å². The van der Waals surface area contributed by atoms with E-state index < -0.39 is 12.1 Å². The van der Waals surface area contributed by atoms with E-state index in [1.54, 1.807) is 4.90 Å². The molecule has 1 aliphatic rings. The Kier molecular flexibility index (Phi) is 6.08. The fourth-order valence-corrected chi connectivity index (χ4v) is 2.85. The number of amides is 1. The van der Waals surface area contributed by atoms with Crippen LogP contribution in [0.3, 0.4) is 0 Å². The van der Waals surface area contributed by atoms with E-state index in [4.69, 9.17) is 5.73 Å². The van der Waals surface area contributed by atoms with Gasteiger partial charge in [0.15, 0.2) is 0 Å². The lowest BCUT2D eigenvalue weighted by Crippen LogP contribution is -2.45. The normalized spacial score (nSPS) is 24.0. The molecule has 6 heteroatoms. The van der Waals surface area contributed by atoms with Gasteiger partial charge in [0.25, 0.3) is 0 Å². The summed E-state index contributed by atoms with van der Waals surface area (Å²) in [5, 5.41) is 0. The average Bonchev–Trinajstić information content (AvgIpc) is 2.43.